The molecule has 1 heteroatoms. The molecule has 2 rings (SSSR count). The van der Waals surface area contributed by atoms with E-state index in [4.69, 9.17) is 0 Å². The van der Waals surface area contributed by atoms with Gasteiger partial charge in [0.15, 0.2) is 0 Å². The van der Waals surface area contributed by atoms with Gasteiger partial charge in [-0.3, -0.25) is 0 Å². The Morgan fingerprint density at radius 3 is 2.50 bits per heavy atom. The monoisotopic (exact) mass is 280 g/mol. The van der Waals surface area contributed by atoms with Crippen LogP contribution in [-0.2, 0) is 6.42 Å². The highest BCUT2D eigenvalue weighted by Crippen LogP contribution is 2.44. The maximum Gasteiger partial charge on any atom is 0.0403 e. The Hall–Kier alpha value is -0.300. The van der Waals surface area contributed by atoms with Gasteiger partial charge in [0.2, 0.25) is 0 Å². The van der Waals surface area contributed by atoms with Gasteiger partial charge in [-0.1, -0.05) is 41.9 Å². The second kappa shape index (κ2) is 4.18. The van der Waals surface area contributed by atoms with Crippen LogP contribution in [0.1, 0.15) is 53.8 Å². The van der Waals surface area contributed by atoms with Crippen LogP contribution >= 0.6 is 15.9 Å². The van der Waals surface area contributed by atoms with Crippen molar-refractivity contribution in [2.24, 2.45) is 5.41 Å². The minimum absolute atomic E-state index is 0.453. The molecule has 0 fully saturated rings. The van der Waals surface area contributed by atoms with Gasteiger partial charge in [0.05, 0.1) is 0 Å². The van der Waals surface area contributed by atoms with E-state index < -0.39 is 0 Å². The highest BCUT2D eigenvalue weighted by Gasteiger charge is 2.28. The summed E-state index contributed by atoms with van der Waals surface area (Å²) >= 11 is 3.87. The molecule has 0 amide bonds. The van der Waals surface area contributed by atoms with Crippen molar-refractivity contribution in [3.63, 3.8) is 0 Å². The molecule has 0 aliphatic heterocycles. The largest absolute Gasteiger partial charge is 0.0838 e. The van der Waals surface area contributed by atoms with Gasteiger partial charge in [0.25, 0.3) is 0 Å². The molecule has 88 valence electrons. The van der Waals surface area contributed by atoms with E-state index in [1.165, 1.54) is 36.0 Å². The quantitative estimate of drug-likeness (QED) is 0.458. The molecule has 0 N–H and O–H groups in total. The molecule has 0 bridgehead atoms. The number of fused-ring (bicyclic) bond motifs is 1. The second-order valence-electron chi connectivity index (χ2n) is 5.97. The average Bonchev–Trinajstić information content (AvgIpc) is 2.27. The first-order valence-electron chi connectivity index (χ1n) is 6.13. The number of benzene rings is 1. The molecular formula is C15H21Br. The normalized spacial score (nSPS) is 23.7. The summed E-state index contributed by atoms with van der Waals surface area (Å²) < 4.78 is 0. The number of rotatable bonds is 0. The van der Waals surface area contributed by atoms with Crippen molar-refractivity contribution < 1.29 is 0 Å². The fraction of sp³-hybridized carbons (Fsp3) is 0.600. The molecule has 0 saturated heterocycles. The third-order valence-electron chi connectivity index (χ3n) is 3.90. The first-order chi connectivity index (χ1) is 7.39. The van der Waals surface area contributed by atoms with Crippen LogP contribution in [0, 0.1) is 19.3 Å². The van der Waals surface area contributed by atoms with Crippen LogP contribution in [0.3, 0.4) is 0 Å². The van der Waals surface area contributed by atoms with Crippen molar-refractivity contribution >= 4 is 15.9 Å². The number of hydrogen-bond acceptors (Lipinski definition) is 0. The zero-order valence-electron chi connectivity index (χ0n) is 10.7. The summed E-state index contributed by atoms with van der Waals surface area (Å²) in [6.45, 7) is 9.19. The standard InChI is InChI=1S/C15H21Br/c1-10-7-12-5-6-15(3,4)9-14(16)13(12)8-11(10)2/h7-8,14H,5-6,9H2,1-4H3. The van der Waals surface area contributed by atoms with Crippen molar-refractivity contribution in [3.05, 3.63) is 34.4 Å². The third kappa shape index (κ3) is 2.34. The molecule has 0 spiro atoms. The summed E-state index contributed by atoms with van der Waals surface area (Å²) in [7, 11) is 0. The molecule has 0 nitrogen and oxygen atoms in total. The highest BCUT2D eigenvalue weighted by molar-refractivity contribution is 9.09. The van der Waals surface area contributed by atoms with Gasteiger partial charge in [-0.2, -0.15) is 0 Å². The van der Waals surface area contributed by atoms with Crippen molar-refractivity contribution in [1.29, 1.82) is 0 Å². The van der Waals surface area contributed by atoms with E-state index in [1.807, 2.05) is 0 Å². The molecule has 0 aromatic heterocycles. The summed E-state index contributed by atoms with van der Waals surface area (Å²) in [6, 6.07) is 4.77. The van der Waals surface area contributed by atoms with E-state index >= 15 is 0 Å². The van der Waals surface area contributed by atoms with Gasteiger partial charge in [-0.15, -0.1) is 0 Å². The summed E-state index contributed by atoms with van der Waals surface area (Å²) in [5.41, 5.74) is 6.37. The number of aryl methyl sites for hydroxylation is 3. The molecule has 0 saturated carbocycles. The maximum atomic E-state index is 3.87. The third-order valence-corrected chi connectivity index (χ3v) is 4.71. The molecule has 1 aromatic rings. The Labute approximate surface area is 108 Å². The Bertz CT molecular complexity index is 404. The Morgan fingerprint density at radius 1 is 1.19 bits per heavy atom. The van der Waals surface area contributed by atoms with E-state index in [1.54, 1.807) is 5.56 Å². The number of halogens is 1. The Kier molecular flexibility index (Phi) is 3.18. The first kappa shape index (κ1) is 12.2. The fourth-order valence-electron chi connectivity index (χ4n) is 2.58. The molecule has 1 atom stereocenters. The van der Waals surface area contributed by atoms with Crippen molar-refractivity contribution in [1.82, 2.24) is 0 Å². The topological polar surface area (TPSA) is 0 Å². The van der Waals surface area contributed by atoms with Gasteiger partial charge in [0.1, 0.15) is 0 Å². The van der Waals surface area contributed by atoms with E-state index in [2.05, 4.69) is 55.8 Å². The van der Waals surface area contributed by atoms with Crippen LogP contribution in [0.15, 0.2) is 12.1 Å². The molecule has 0 radical (unpaired) electrons. The van der Waals surface area contributed by atoms with E-state index in [9.17, 15) is 0 Å². The smallest absolute Gasteiger partial charge is 0.0403 e. The SMILES string of the molecule is Cc1cc2c(cc1C)C(Br)CC(C)(C)CC2. The first-order valence-corrected chi connectivity index (χ1v) is 7.05. The number of alkyl halides is 1. The maximum absolute atomic E-state index is 3.87. The lowest BCUT2D eigenvalue weighted by atomic mass is 9.84. The summed E-state index contributed by atoms with van der Waals surface area (Å²) in [4.78, 5) is 0.527. The lowest BCUT2D eigenvalue weighted by Gasteiger charge is -2.24. The minimum Gasteiger partial charge on any atom is -0.0838 e. The fourth-order valence-corrected chi connectivity index (χ4v) is 3.88. The molecule has 1 aromatic carbocycles. The van der Waals surface area contributed by atoms with Gasteiger partial charge >= 0.3 is 0 Å². The second-order valence-corrected chi connectivity index (χ2v) is 7.08. The van der Waals surface area contributed by atoms with Crippen LogP contribution in [0.2, 0.25) is 0 Å². The molecule has 1 aliphatic rings. The predicted octanol–water partition coefficient (Wildman–Crippen LogP) is 5.10. The van der Waals surface area contributed by atoms with Crippen LogP contribution in [0.5, 0.6) is 0 Å². The zero-order chi connectivity index (χ0) is 11.9. The van der Waals surface area contributed by atoms with Crippen molar-refractivity contribution in [3.8, 4) is 0 Å². The van der Waals surface area contributed by atoms with Crippen LogP contribution in [-0.4, -0.2) is 0 Å². The van der Waals surface area contributed by atoms with Crippen LogP contribution in [0.4, 0.5) is 0 Å². The Morgan fingerprint density at radius 2 is 1.81 bits per heavy atom. The van der Waals surface area contributed by atoms with Crippen LogP contribution in [0.25, 0.3) is 0 Å². The van der Waals surface area contributed by atoms with Gasteiger partial charge in [0, 0.05) is 4.83 Å². The average molecular weight is 281 g/mol. The van der Waals surface area contributed by atoms with E-state index in [0.717, 1.165) is 0 Å². The minimum atomic E-state index is 0.453. The van der Waals surface area contributed by atoms with E-state index in [0.29, 0.717) is 10.2 Å². The van der Waals surface area contributed by atoms with Gasteiger partial charge in [-0.05, 0) is 60.8 Å². The molecule has 1 unspecified atom stereocenters. The molecule has 16 heavy (non-hydrogen) atoms. The van der Waals surface area contributed by atoms with Crippen molar-refractivity contribution in [2.45, 2.75) is 51.8 Å². The van der Waals surface area contributed by atoms with Gasteiger partial charge < -0.3 is 0 Å². The lowest BCUT2D eigenvalue weighted by Crippen LogP contribution is -2.11. The molecule has 1 aliphatic carbocycles. The summed E-state index contributed by atoms with van der Waals surface area (Å²) in [5, 5.41) is 0. The zero-order valence-corrected chi connectivity index (χ0v) is 12.3. The van der Waals surface area contributed by atoms with Gasteiger partial charge in [-0.25, -0.2) is 0 Å². The Balaban J connectivity index is 2.45. The summed E-state index contributed by atoms with van der Waals surface area (Å²) in [6.07, 6.45) is 3.76. The summed E-state index contributed by atoms with van der Waals surface area (Å²) in [5.74, 6) is 0. The lowest BCUT2D eigenvalue weighted by molar-refractivity contribution is 0.316. The predicted molar refractivity (Wildman–Crippen MR) is 74.3 cm³/mol. The van der Waals surface area contributed by atoms with Crippen molar-refractivity contribution in [2.75, 3.05) is 0 Å². The molecule has 0 heterocycles. The highest BCUT2D eigenvalue weighted by atomic mass is 79.9. The van der Waals surface area contributed by atoms with Crippen LogP contribution < -0.4 is 0 Å². The van der Waals surface area contributed by atoms with E-state index in [-0.39, 0.29) is 0 Å². The molecular weight excluding hydrogens is 260 g/mol. The number of hydrogen-bond donors (Lipinski definition) is 0.